The predicted octanol–water partition coefficient (Wildman–Crippen LogP) is 3.59. The molecule has 26 heavy (non-hydrogen) atoms. The van der Waals surface area contributed by atoms with Crippen LogP contribution in [-0.4, -0.2) is 10.1 Å². The Kier molecular flexibility index (Phi) is 4.85. The zero-order chi connectivity index (χ0) is 17.6. The van der Waals surface area contributed by atoms with Crippen molar-refractivity contribution in [2.75, 3.05) is 0 Å². The monoisotopic (exact) mass is 342 g/mol. The summed E-state index contributed by atoms with van der Waals surface area (Å²) in [6.45, 7) is 0.619. The third kappa shape index (κ3) is 3.71. The molecule has 0 saturated carbocycles. The van der Waals surface area contributed by atoms with Crippen LogP contribution in [-0.2, 0) is 6.54 Å². The quantitative estimate of drug-likeness (QED) is 0.582. The molecule has 0 spiro atoms. The Hall–Kier alpha value is -3.24. The van der Waals surface area contributed by atoms with Crippen molar-refractivity contribution < 1.29 is 9.84 Å². The van der Waals surface area contributed by atoms with E-state index in [1.165, 1.54) is 11.1 Å². The molecule has 0 aliphatic rings. The third-order valence-electron chi connectivity index (χ3n) is 4.35. The van der Waals surface area contributed by atoms with Gasteiger partial charge in [-0.05, 0) is 0 Å². The molecule has 0 radical (unpaired) electrons. The number of hydrogen-bond acceptors (Lipinski definition) is 3. The smallest absolute Gasteiger partial charge is 0.282 e. The summed E-state index contributed by atoms with van der Waals surface area (Å²) >= 11 is 0. The van der Waals surface area contributed by atoms with Crippen LogP contribution < -0.4 is 5.32 Å². The van der Waals surface area contributed by atoms with Crippen LogP contribution in [0.1, 0.15) is 23.1 Å². The summed E-state index contributed by atoms with van der Waals surface area (Å²) in [5.74, 6) is 1.26. The lowest BCUT2D eigenvalue weighted by Crippen LogP contribution is -2.84. The van der Waals surface area contributed by atoms with E-state index in [-0.39, 0.29) is 6.04 Å². The van der Waals surface area contributed by atoms with Gasteiger partial charge in [0.2, 0.25) is 5.82 Å². The molecule has 0 atom stereocenters. The molecule has 128 valence electrons. The van der Waals surface area contributed by atoms with Gasteiger partial charge in [-0.3, -0.25) is 0 Å². The highest BCUT2D eigenvalue weighted by molar-refractivity contribution is 5.53. The minimum absolute atomic E-state index is 0.185. The number of nitrogens with two attached hydrogens (primary N) is 1. The van der Waals surface area contributed by atoms with Crippen LogP contribution in [0.2, 0.25) is 0 Å². The van der Waals surface area contributed by atoms with Crippen LogP contribution in [0.15, 0.2) is 95.5 Å². The molecule has 0 aliphatic carbocycles. The normalized spacial score (nSPS) is 11.0. The standard InChI is InChI=1S/C22H19N3O/c1-4-10-17(11-5-1)21(18-12-6-2-7-13-18)23-16-20-24-22(25-26-20)19-14-8-3-9-15-19/h1-15,21,23H,16H2/p+1. The molecule has 2 N–H and O–H groups in total. The second kappa shape index (κ2) is 7.76. The summed E-state index contributed by atoms with van der Waals surface area (Å²) in [7, 11) is 0. The Morgan fingerprint density at radius 3 is 1.85 bits per heavy atom. The SMILES string of the molecule is c1ccc(-c2noc(C[NH2+]C(c3ccccc3)c3ccccc3)n2)cc1. The summed E-state index contributed by atoms with van der Waals surface area (Å²) in [4.78, 5) is 4.53. The lowest BCUT2D eigenvalue weighted by Gasteiger charge is -2.15. The maximum absolute atomic E-state index is 5.45. The molecular formula is C22H20N3O+. The van der Waals surface area contributed by atoms with E-state index >= 15 is 0 Å². The molecule has 0 bridgehead atoms. The zero-order valence-corrected chi connectivity index (χ0v) is 14.3. The number of benzene rings is 3. The van der Waals surface area contributed by atoms with Crippen LogP contribution >= 0.6 is 0 Å². The summed E-state index contributed by atoms with van der Waals surface area (Å²) < 4.78 is 5.45. The van der Waals surface area contributed by atoms with Crippen LogP contribution in [0.25, 0.3) is 11.4 Å². The molecule has 4 rings (SSSR count). The molecule has 1 heterocycles. The number of rotatable bonds is 6. The van der Waals surface area contributed by atoms with Crippen molar-refractivity contribution in [2.24, 2.45) is 0 Å². The minimum atomic E-state index is 0.185. The predicted molar refractivity (Wildman–Crippen MR) is 100 cm³/mol. The van der Waals surface area contributed by atoms with Gasteiger partial charge in [0.05, 0.1) is 0 Å². The van der Waals surface area contributed by atoms with Crippen molar-refractivity contribution in [2.45, 2.75) is 12.6 Å². The summed E-state index contributed by atoms with van der Waals surface area (Å²) in [5.41, 5.74) is 3.47. The number of nitrogens with zero attached hydrogens (tertiary/aromatic N) is 2. The molecule has 4 aromatic rings. The fourth-order valence-electron chi connectivity index (χ4n) is 3.05. The van der Waals surface area contributed by atoms with Gasteiger partial charge in [-0.15, -0.1) is 0 Å². The highest BCUT2D eigenvalue weighted by Gasteiger charge is 2.19. The van der Waals surface area contributed by atoms with Crippen molar-refractivity contribution >= 4 is 0 Å². The van der Waals surface area contributed by atoms with E-state index in [2.05, 4.69) is 64.0 Å². The number of aromatic nitrogens is 2. The average Bonchev–Trinajstić information content (AvgIpc) is 3.20. The zero-order valence-electron chi connectivity index (χ0n) is 14.3. The maximum Gasteiger partial charge on any atom is 0.282 e. The first-order valence-electron chi connectivity index (χ1n) is 8.71. The molecule has 0 saturated heterocycles. The van der Waals surface area contributed by atoms with Gasteiger partial charge in [-0.2, -0.15) is 4.98 Å². The highest BCUT2D eigenvalue weighted by atomic mass is 16.5. The van der Waals surface area contributed by atoms with E-state index in [9.17, 15) is 0 Å². The first-order chi connectivity index (χ1) is 12.9. The fraction of sp³-hybridized carbons (Fsp3) is 0.0909. The Labute approximate surface area is 152 Å². The van der Waals surface area contributed by atoms with E-state index < -0.39 is 0 Å². The third-order valence-corrected chi connectivity index (χ3v) is 4.35. The van der Waals surface area contributed by atoms with E-state index in [4.69, 9.17) is 4.52 Å². The van der Waals surface area contributed by atoms with Crippen LogP contribution in [0.3, 0.4) is 0 Å². The second-order valence-electron chi connectivity index (χ2n) is 6.12. The van der Waals surface area contributed by atoms with Crippen molar-refractivity contribution in [3.8, 4) is 11.4 Å². The minimum Gasteiger partial charge on any atom is -0.333 e. The molecular weight excluding hydrogens is 322 g/mol. The van der Waals surface area contributed by atoms with Crippen LogP contribution in [0.4, 0.5) is 0 Å². The van der Waals surface area contributed by atoms with Crippen molar-refractivity contribution in [1.29, 1.82) is 0 Å². The highest BCUT2D eigenvalue weighted by Crippen LogP contribution is 2.18. The fourth-order valence-corrected chi connectivity index (χ4v) is 3.05. The van der Waals surface area contributed by atoms with E-state index in [0.717, 1.165) is 5.56 Å². The van der Waals surface area contributed by atoms with Gasteiger partial charge in [0.1, 0.15) is 6.04 Å². The molecule has 3 aromatic carbocycles. The summed E-state index contributed by atoms with van der Waals surface area (Å²) in [6, 6.07) is 31.0. The molecule has 4 nitrogen and oxygen atoms in total. The first kappa shape index (κ1) is 16.2. The largest absolute Gasteiger partial charge is 0.333 e. The molecule has 0 unspecified atom stereocenters. The first-order valence-corrected chi connectivity index (χ1v) is 8.71. The maximum atomic E-state index is 5.45. The van der Waals surface area contributed by atoms with Gasteiger partial charge in [0, 0.05) is 16.7 Å². The average molecular weight is 342 g/mol. The summed E-state index contributed by atoms with van der Waals surface area (Å²) in [5, 5.41) is 6.33. The van der Waals surface area contributed by atoms with Crippen molar-refractivity contribution in [3.05, 3.63) is 108 Å². The van der Waals surface area contributed by atoms with Gasteiger partial charge in [0.25, 0.3) is 5.89 Å². The molecule has 0 amide bonds. The van der Waals surface area contributed by atoms with Gasteiger partial charge < -0.3 is 9.84 Å². The molecule has 0 fully saturated rings. The van der Waals surface area contributed by atoms with Gasteiger partial charge in [-0.1, -0.05) is 96.2 Å². The number of quaternary nitrogens is 1. The lowest BCUT2D eigenvalue weighted by molar-refractivity contribution is -0.704. The van der Waals surface area contributed by atoms with Crippen LogP contribution in [0, 0.1) is 0 Å². The van der Waals surface area contributed by atoms with E-state index in [1.807, 2.05) is 42.5 Å². The summed E-state index contributed by atoms with van der Waals surface area (Å²) in [6.07, 6.45) is 0. The van der Waals surface area contributed by atoms with Crippen LogP contribution in [0.5, 0.6) is 0 Å². The molecule has 0 aliphatic heterocycles. The number of hydrogen-bond donors (Lipinski definition) is 1. The Morgan fingerprint density at radius 2 is 1.27 bits per heavy atom. The Bertz CT molecular complexity index is 897. The second-order valence-corrected chi connectivity index (χ2v) is 6.12. The van der Waals surface area contributed by atoms with Crippen molar-refractivity contribution in [1.82, 2.24) is 10.1 Å². The van der Waals surface area contributed by atoms with Gasteiger partial charge in [-0.25, -0.2) is 0 Å². The Morgan fingerprint density at radius 1 is 0.731 bits per heavy atom. The molecule has 1 aromatic heterocycles. The Balaban J connectivity index is 1.53. The van der Waals surface area contributed by atoms with E-state index in [1.54, 1.807) is 0 Å². The van der Waals surface area contributed by atoms with Crippen molar-refractivity contribution in [3.63, 3.8) is 0 Å². The van der Waals surface area contributed by atoms with Gasteiger partial charge >= 0.3 is 0 Å². The topological polar surface area (TPSA) is 55.5 Å². The lowest BCUT2D eigenvalue weighted by atomic mass is 9.99. The van der Waals surface area contributed by atoms with E-state index in [0.29, 0.717) is 18.3 Å². The molecule has 4 heteroatoms. The van der Waals surface area contributed by atoms with Gasteiger partial charge in [0.15, 0.2) is 6.54 Å².